The van der Waals surface area contributed by atoms with Crippen LogP contribution in [0.4, 0.5) is 0 Å². The van der Waals surface area contributed by atoms with Gasteiger partial charge in [-0.05, 0) is 24.7 Å². The van der Waals surface area contributed by atoms with Crippen molar-refractivity contribution in [3.05, 3.63) is 0 Å². The van der Waals surface area contributed by atoms with E-state index in [0.717, 1.165) is 25.7 Å². The first kappa shape index (κ1) is 31.3. The Morgan fingerprint density at radius 3 is 1.69 bits per heavy atom. The van der Waals surface area contributed by atoms with Gasteiger partial charge in [0.1, 0.15) is 4.75 Å². The maximum Gasteiger partial charge on any atom is 2.00 e. The number of carbonyl (C=O) groups is 2. The molecule has 0 aromatic heterocycles. The summed E-state index contributed by atoms with van der Waals surface area (Å²) in [5.74, 6) is -6.26. The van der Waals surface area contributed by atoms with E-state index < -0.39 is 39.1 Å². The molecule has 0 aliphatic carbocycles. The summed E-state index contributed by atoms with van der Waals surface area (Å²) in [4.78, 5) is 24.0. The first-order valence-corrected chi connectivity index (χ1v) is 11.8. The summed E-state index contributed by atoms with van der Waals surface area (Å²) in [6.07, 6.45) is 4.84. The molecule has 4 atom stereocenters. The Balaban J connectivity index is 0. The minimum absolute atomic E-state index is 0. The predicted octanol–water partition coefficient (Wildman–Crippen LogP) is 1.56. The first-order valence-electron chi connectivity index (χ1n) is 10.4. The molecule has 0 spiro atoms. The van der Waals surface area contributed by atoms with Gasteiger partial charge in [0.15, 0.2) is 0 Å². The molecule has 0 rings (SSSR count). The van der Waals surface area contributed by atoms with Crippen LogP contribution >= 0.6 is 0 Å². The topological polar surface area (TPSA) is 135 Å². The zero-order chi connectivity index (χ0) is 22.0. The number of carboxylic acid groups (broad SMARTS) is 2. The van der Waals surface area contributed by atoms with Crippen molar-refractivity contribution < 1.29 is 32.8 Å². The second-order valence-corrected chi connectivity index (χ2v) is 9.48. The van der Waals surface area contributed by atoms with Crippen molar-refractivity contribution in [3.8, 4) is 0 Å². The Morgan fingerprint density at radius 2 is 1.38 bits per heavy atom. The molecule has 0 aromatic rings. The average molecular weight is 461 g/mol. The Bertz CT molecular complexity index is 594. The molecule has 0 aromatic carbocycles. The van der Waals surface area contributed by atoms with E-state index in [2.05, 4.69) is 0 Å². The summed E-state index contributed by atoms with van der Waals surface area (Å²) >= 11 is 0. The largest absolute Gasteiger partial charge is 2.00 e. The van der Waals surface area contributed by atoms with Crippen LogP contribution < -0.4 is 10.2 Å². The molecule has 4 unspecified atom stereocenters. The summed E-state index contributed by atoms with van der Waals surface area (Å²) in [7, 11) is -5.26. The quantitative estimate of drug-likeness (QED) is 0.273. The third-order valence-corrected chi connectivity index (χ3v) is 7.44. The molecular weight excluding hydrogens is 424 g/mol. The zero-order valence-corrected chi connectivity index (χ0v) is 21.3. The second kappa shape index (κ2) is 15.0. The van der Waals surface area contributed by atoms with Crippen LogP contribution in [0.2, 0.25) is 0 Å². The number of carbonyl (C=O) groups excluding carboxylic acids is 2. The first-order chi connectivity index (χ1) is 13.0. The Morgan fingerprint density at radius 1 is 0.931 bits per heavy atom. The summed E-state index contributed by atoms with van der Waals surface area (Å²) < 4.78 is 31.6. The molecule has 0 radical (unpaired) electrons. The van der Waals surface area contributed by atoms with Crippen molar-refractivity contribution in [1.29, 1.82) is 0 Å². The van der Waals surface area contributed by atoms with Crippen LogP contribution in [-0.2, 0) is 19.7 Å². The Kier molecular flexibility index (Phi) is 16.2. The van der Waals surface area contributed by atoms with Crippen molar-refractivity contribution in [2.24, 2.45) is 17.8 Å². The van der Waals surface area contributed by atoms with Crippen molar-refractivity contribution >= 4 is 59.8 Å². The van der Waals surface area contributed by atoms with Crippen LogP contribution in [0.1, 0.15) is 91.9 Å². The van der Waals surface area contributed by atoms with Gasteiger partial charge >= 0.3 is 37.7 Å². The van der Waals surface area contributed by atoms with E-state index >= 15 is 0 Å². The van der Waals surface area contributed by atoms with Crippen LogP contribution in [-0.4, -0.2) is 67.4 Å². The van der Waals surface area contributed by atoms with Gasteiger partial charge in [0, 0.05) is 11.9 Å². The van der Waals surface area contributed by atoms with E-state index in [1.165, 1.54) is 0 Å². The van der Waals surface area contributed by atoms with Crippen LogP contribution in [0.15, 0.2) is 0 Å². The molecule has 9 heteroatoms. The zero-order valence-electron chi connectivity index (χ0n) is 18.3. The van der Waals surface area contributed by atoms with E-state index in [4.69, 9.17) is 0 Å². The molecule has 0 bridgehead atoms. The standard InChI is InChI=1S/C20H38O7S.Ca/c1-5-9-11-15(7-3)13-17(18(21)22)20(19(23)24,28(25,26)27)14-16(8-4)12-10-6-2;/h15-17H,5-14H2,1-4H3,(H,21,22)(H,23,24)(H,25,26,27);/q;+2/p-2. The maximum absolute atomic E-state index is 12.3. The smallest absolute Gasteiger partial charge is 0.550 e. The van der Waals surface area contributed by atoms with Gasteiger partial charge < -0.3 is 19.8 Å². The summed E-state index contributed by atoms with van der Waals surface area (Å²) in [6, 6.07) is 0. The van der Waals surface area contributed by atoms with Crippen LogP contribution in [0.25, 0.3) is 0 Å². The van der Waals surface area contributed by atoms with Gasteiger partial charge in [-0.25, -0.2) is 0 Å². The molecule has 0 amide bonds. The third-order valence-electron chi connectivity index (χ3n) is 5.90. The molecule has 0 aliphatic heterocycles. The number of unbranched alkanes of at least 4 members (excludes halogenated alkanes) is 2. The van der Waals surface area contributed by atoms with Gasteiger partial charge in [-0.1, -0.05) is 79.1 Å². The monoisotopic (exact) mass is 460 g/mol. The second-order valence-electron chi connectivity index (χ2n) is 7.80. The van der Waals surface area contributed by atoms with Crippen molar-refractivity contribution in [2.75, 3.05) is 0 Å². The summed E-state index contributed by atoms with van der Waals surface area (Å²) in [5.41, 5.74) is 0. The number of carboxylic acids is 2. The molecule has 0 fully saturated rings. The van der Waals surface area contributed by atoms with E-state index in [9.17, 15) is 32.8 Å². The van der Waals surface area contributed by atoms with Crippen molar-refractivity contribution in [1.82, 2.24) is 0 Å². The fourth-order valence-corrected chi connectivity index (χ4v) is 5.13. The molecule has 0 saturated carbocycles. The van der Waals surface area contributed by atoms with Gasteiger partial charge in [-0.15, -0.1) is 0 Å². The Labute approximate surface area is 205 Å². The van der Waals surface area contributed by atoms with Gasteiger partial charge in [0.25, 0.3) is 10.1 Å². The van der Waals surface area contributed by atoms with Gasteiger partial charge in [-0.2, -0.15) is 8.42 Å². The number of hydrogen-bond acceptors (Lipinski definition) is 6. The molecule has 0 saturated heterocycles. The van der Waals surface area contributed by atoms with Gasteiger partial charge in [-0.3, -0.25) is 4.55 Å². The van der Waals surface area contributed by atoms with E-state index in [-0.39, 0.29) is 56.0 Å². The third kappa shape index (κ3) is 9.01. The minimum Gasteiger partial charge on any atom is -0.550 e. The van der Waals surface area contributed by atoms with Crippen molar-refractivity contribution in [2.45, 2.75) is 96.7 Å². The summed E-state index contributed by atoms with van der Waals surface area (Å²) in [6.45, 7) is 7.56. The van der Waals surface area contributed by atoms with E-state index in [1.54, 1.807) is 6.92 Å². The molecule has 7 nitrogen and oxygen atoms in total. The molecule has 0 heterocycles. The van der Waals surface area contributed by atoms with Crippen LogP contribution in [0, 0.1) is 17.8 Å². The molecule has 0 aliphatic rings. The van der Waals surface area contributed by atoms with Gasteiger partial charge in [0.2, 0.25) is 0 Å². The number of aliphatic carboxylic acids is 2. The fourth-order valence-electron chi connectivity index (χ4n) is 3.92. The van der Waals surface area contributed by atoms with Crippen LogP contribution in [0.5, 0.6) is 0 Å². The Hall–Kier alpha value is 0.110. The maximum atomic E-state index is 12.3. The minimum atomic E-state index is -5.26. The average Bonchev–Trinajstić information content (AvgIpc) is 2.61. The molecular formula is C20H36CaO7S. The number of rotatable bonds is 16. The number of hydrogen-bond donors (Lipinski definition) is 1. The SMILES string of the molecule is CCCCC(CC)CC(C(=O)[O-])C(CC(CC)CCCC)(C(=O)[O-])S(=O)(=O)O.[Ca+2]. The molecule has 1 N–H and O–H groups in total. The fraction of sp³-hybridized carbons (Fsp3) is 0.900. The molecule has 29 heavy (non-hydrogen) atoms. The van der Waals surface area contributed by atoms with E-state index in [1.807, 2.05) is 20.8 Å². The predicted molar refractivity (Wildman–Crippen MR) is 109 cm³/mol. The molecule has 166 valence electrons. The van der Waals surface area contributed by atoms with Crippen molar-refractivity contribution in [3.63, 3.8) is 0 Å². The van der Waals surface area contributed by atoms with Gasteiger partial charge in [0.05, 0.1) is 5.97 Å². The normalized spacial score (nSPS) is 16.9. The van der Waals surface area contributed by atoms with Crippen LogP contribution in [0.3, 0.4) is 0 Å². The van der Waals surface area contributed by atoms with E-state index in [0.29, 0.717) is 25.7 Å². The summed E-state index contributed by atoms with van der Waals surface area (Å²) in [5, 5.41) is 24.0.